The van der Waals surface area contributed by atoms with Crippen molar-refractivity contribution in [2.45, 2.75) is 68.3 Å². The summed E-state index contributed by atoms with van der Waals surface area (Å²) in [7, 11) is -0.0611. The Morgan fingerprint density at radius 2 is 0.843 bits per heavy atom. The molecule has 0 radical (unpaired) electrons. The maximum atomic E-state index is 13.4. The van der Waals surface area contributed by atoms with Crippen molar-refractivity contribution >= 4 is 243 Å². The van der Waals surface area contributed by atoms with Crippen LogP contribution in [-0.2, 0) is 57.9 Å². The van der Waals surface area contributed by atoms with E-state index in [0.717, 1.165) is 106 Å². The van der Waals surface area contributed by atoms with Crippen LogP contribution in [0.4, 0.5) is 17.1 Å². The number of methoxy groups -OCH3 is 3. The number of aromatic amines is 2. The number of hydrogen-bond acceptors (Lipinski definition) is 23. The lowest BCUT2D eigenvalue weighted by molar-refractivity contribution is -0.131. The van der Waals surface area contributed by atoms with Gasteiger partial charge in [-0.1, -0.05) is 140 Å². The Morgan fingerprint density at radius 3 is 1.32 bits per heavy atom. The molecule has 4 aromatic carbocycles. The monoisotopic (exact) mass is 2030 g/mol. The minimum atomic E-state index is -3.91. The van der Waals surface area contributed by atoms with Gasteiger partial charge in [-0.15, -0.1) is 0 Å². The average molecular weight is 2040 g/mol. The van der Waals surface area contributed by atoms with Crippen molar-refractivity contribution in [2.75, 3.05) is 76.5 Å². The average Bonchev–Trinajstić information content (AvgIpc) is 1.59. The zero-order chi connectivity index (χ0) is 96.6. The molecule has 7 N–H and O–H groups in total. The molecule has 0 unspecified atom stereocenters. The van der Waals surface area contributed by atoms with Gasteiger partial charge in [-0.05, 0) is 156 Å². The summed E-state index contributed by atoms with van der Waals surface area (Å²) in [5.74, 6) is -1.84. The highest BCUT2D eigenvalue weighted by Gasteiger charge is 2.30. The minimum absolute atomic E-state index is 0.0475. The fourth-order valence-corrected chi connectivity index (χ4v) is 19.1. The number of carbonyl (C=O) groups is 6. The summed E-state index contributed by atoms with van der Waals surface area (Å²) in [5, 5.41) is 18.3. The van der Waals surface area contributed by atoms with E-state index in [0.29, 0.717) is 83.1 Å². The van der Waals surface area contributed by atoms with Gasteiger partial charge in [-0.3, -0.25) is 14.4 Å². The number of fused-ring (bicyclic) bond motifs is 6. The van der Waals surface area contributed by atoms with E-state index < -0.39 is 38.0 Å². The Bertz CT molecular complexity index is 7240. The number of amides is 2. The molecule has 12 aromatic heterocycles. The van der Waals surface area contributed by atoms with Gasteiger partial charge in [-0.25, -0.2) is 69.1 Å². The molecule has 2 saturated heterocycles. The molecule has 42 heteroatoms. The van der Waals surface area contributed by atoms with Gasteiger partial charge in [0.15, 0.2) is 17.1 Å². The molecule has 134 heavy (non-hydrogen) atoms. The molecule has 31 nitrogen and oxygen atoms in total. The highest BCUT2D eigenvalue weighted by atomic mass is 35.5. The number of aryl methyl sites for hydroxylation is 4. The van der Waals surface area contributed by atoms with Crippen LogP contribution in [0, 0.1) is 13.8 Å². The summed E-state index contributed by atoms with van der Waals surface area (Å²) in [6.45, 7) is 7.93. The normalized spacial score (nSPS) is 13.5. The number of aromatic nitrogens is 12. The van der Waals surface area contributed by atoms with Gasteiger partial charge in [0.1, 0.15) is 22.6 Å². The number of carbonyl (C=O) groups excluding carboxylic acids is 6. The molecular weight excluding hydrogens is 1950 g/mol. The van der Waals surface area contributed by atoms with E-state index >= 15 is 0 Å². The summed E-state index contributed by atoms with van der Waals surface area (Å²) in [6, 6.07) is 37.3. The molecule has 2 fully saturated rings. The van der Waals surface area contributed by atoms with Gasteiger partial charge in [0.25, 0.3) is 20.0 Å². The Morgan fingerprint density at radius 1 is 0.448 bits per heavy atom. The van der Waals surface area contributed by atoms with Crippen molar-refractivity contribution in [3.05, 3.63) is 286 Å². The van der Waals surface area contributed by atoms with Gasteiger partial charge < -0.3 is 64.8 Å². The van der Waals surface area contributed by atoms with Crippen LogP contribution >= 0.6 is 104 Å². The summed E-state index contributed by atoms with van der Waals surface area (Å²) >= 11 is 53.9. The number of ether oxygens (including phenoxy) is 3. The molecule has 0 spiro atoms. The summed E-state index contributed by atoms with van der Waals surface area (Å²) in [4.78, 5) is 106. The first-order valence-electron chi connectivity index (χ1n) is 40.9. The highest BCUT2D eigenvalue weighted by Crippen LogP contribution is 2.36. The van der Waals surface area contributed by atoms with E-state index in [1.165, 1.54) is 83.6 Å². The SMILES string of the molecule is CC(=O)c1cnc2c(ccn2S(=O)(=O)c2ccc(C)cc2)c1N[C@@H]1CCCN(C(=O)CNc2cc(Cl)cc(Cl)c2)C1.COC(=O)c1cnc2[nH]ccc2c1Cl.COC(=O)c1cnc2c(ccn2C)c1Cl.COC(=O)c1cnc2c(ccn2S(=O)(=O)c2ccc(C)cc2)c1Cl.Clc1ccnc2[nH]ccc12.Cn1ccc2c(Cl)ccnc21.N[C@@H]1CCCN(C(=O)CNc2cc(Cl)cc(Cl)c2)C1. The number of likely N-dealkylation sites (tertiary alicyclic amines) is 2. The lowest BCUT2D eigenvalue weighted by atomic mass is 10.0. The molecule has 2 amide bonds. The number of halogens is 9. The maximum absolute atomic E-state index is 13.4. The number of piperidine rings is 2. The zero-order valence-electron chi connectivity index (χ0n) is 72.8. The number of nitrogens with two attached hydrogens (primary N) is 1. The number of Topliss-reactive ketones (excluding diaryl/α,β-unsaturated/α-hetero) is 1. The quantitative estimate of drug-likeness (QED) is 0.0297. The van der Waals surface area contributed by atoms with E-state index in [-0.39, 0.29) is 85.6 Å². The Balaban J connectivity index is 0.000000149. The predicted octanol–water partition coefficient (Wildman–Crippen LogP) is 19.4. The number of rotatable bonds is 16. The third-order valence-corrected chi connectivity index (χ3v) is 27.2. The van der Waals surface area contributed by atoms with Crippen molar-refractivity contribution < 1.29 is 59.8 Å². The standard InChI is InChI=1S/C29H29Cl2N5O4S.C16H13ClN2O4S.C13H17Cl2N3O.C10H9ClN2O2.C9H7ClN2O2.C8H7ClN2.C7H5ClN2/c1-18-5-7-24(8-6-18)41(39,40)36-11-9-25-28(26(19(2)37)15-33-29(25)36)34-22-4-3-10-35(17-22)27(38)16-32-23-13-20(30)12-21(31)14-23;1-10-3-5-11(6-4-10)24(21,22)19-8-7-12-14(17)13(16(20)23-2)9-18-15(12)19;14-9-4-10(15)6-12(5-9)17-7-13(19)18-3-1-2-11(16)8-18;1-13-4-3-6-8(11)7(10(14)15-2)5-12-9(6)13;1-14-9(13)6-4-12-8-5(7(6)10)2-3-11-8;1-11-5-3-6-7(9)2-4-10-8(6)11;8-6-2-4-10-7-5(6)1-3-9-7/h5-9,11-15,22,32H,3-4,10,16-17H2,1-2H3,(H,33,34);3-9H,1-2H3;4-6,11,17H,1-3,7-8,16H2;3-5H,1-2H3;2-4H,1H3,(H,11,12);2-5H,1H3;1-4H,(H,9,10)/t22-;;11-;;;;/m1.1..../s1. The van der Waals surface area contributed by atoms with Gasteiger partial charge in [-0.2, -0.15) is 0 Å². The fourth-order valence-electron chi connectivity index (χ4n) is 14.2. The number of nitrogens with one attached hydrogen (secondary N) is 5. The van der Waals surface area contributed by atoms with Crippen LogP contribution in [0.2, 0.25) is 45.2 Å². The van der Waals surface area contributed by atoms with E-state index in [2.05, 4.69) is 70.0 Å². The summed E-state index contributed by atoms with van der Waals surface area (Å²) in [6.07, 6.45) is 22.4. The maximum Gasteiger partial charge on any atom is 0.340 e. The number of pyridine rings is 6. The number of ketones is 1. The van der Waals surface area contributed by atoms with Crippen LogP contribution in [0.25, 0.3) is 66.2 Å². The molecule has 14 heterocycles. The first-order valence-corrected chi connectivity index (χ1v) is 47.1. The van der Waals surface area contributed by atoms with Crippen LogP contribution in [0.15, 0.2) is 218 Å². The van der Waals surface area contributed by atoms with Crippen LogP contribution in [0.5, 0.6) is 0 Å². The number of hydrogen-bond donors (Lipinski definition) is 6. The molecule has 18 rings (SSSR count). The smallest absolute Gasteiger partial charge is 0.340 e. The second-order valence-electron chi connectivity index (χ2n) is 30.4. The zero-order valence-corrected chi connectivity index (χ0v) is 81.3. The molecule has 2 atom stereocenters. The Labute approximate surface area is 814 Å². The molecule has 16 aromatic rings. The molecule has 0 aliphatic carbocycles. The van der Waals surface area contributed by atoms with Gasteiger partial charge in [0.05, 0.1) is 97.3 Å². The highest BCUT2D eigenvalue weighted by molar-refractivity contribution is 7.90. The lowest BCUT2D eigenvalue weighted by Gasteiger charge is -2.34. The Kier molecular flexibility index (Phi) is 34.1. The van der Waals surface area contributed by atoms with Gasteiger partial charge >= 0.3 is 17.9 Å². The van der Waals surface area contributed by atoms with E-state index in [1.54, 1.807) is 125 Å². The van der Waals surface area contributed by atoms with Crippen molar-refractivity contribution in [1.82, 2.24) is 66.8 Å². The molecule has 698 valence electrons. The van der Waals surface area contributed by atoms with Crippen LogP contribution < -0.4 is 21.7 Å². The number of benzene rings is 4. The number of anilines is 3. The number of H-pyrrole nitrogens is 2. The topological polar surface area (TPSA) is 396 Å². The number of nitrogens with zero attached hydrogens (tertiary/aromatic N) is 12. The molecule has 2 aliphatic heterocycles. The second-order valence-corrected chi connectivity index (χ2v) is 37.7. The Hall–Kier alpha value is -12.1. The summed E-state index contributed by atoms with van der Waals surface area (Å²) < 4.78 is 72.2. The predicted molar refractivity (Wildman–Crippen MR) is 527 cm³/mol. The van der Waals surface area contributed by atoms with Crippen molar-refractivity contribution in [3.8, 4) is 0 Å². The first kappa shape index (κ1) is 101. The van der Waals surface area contributed by atoms with Gasteiger partial charge in [0, 0.05) is 191 Å². The van der Waals surface area contributed by atoms with Crippen molar-refractivity contribution in [2.24, 2.45) is 19.8 Å². The van der Waals surface area contributed by atoms with Crippen molar-refractivity contribution in [3.63, 3.8) is 0 Å². The minimum Gasteiger partial charge on any atom is -0.465 e. The largest absolute Gasteiger partial charge is 0.465 e. The molecule has 2 aliphatic rings. The molecular formula is C92H87Cl9N18O13S2. The van der Waals surface area contributed by atoms with E-state index in [9.17, 15) is 45.6 Å². The number of esters is 3. The fraction of sp³-hybridized carbons (Fsp3) is 0.217. The van der Waals surface area contributed by atoms with E-state index in [4.69, 9.17) is 110 Å². The van der Waals surface area contributed by atoms with Crippen molar-refractivity contribution in [1.29, 1.82) is 0 Å². The van der Waals surface area contributed by atoms with Gasteiger partial charge in [0.2, 0.25) is 11.8 Å². The van der Waals surface area contributed by atoms with Crippen LogP contribution in [0.1, 0.15) is 85.2 Å². The molecule has 0 saturated carbocycles. The third-order valence-electron chi connectivity index (χ3n) is 21.1. The van der Waals surface area contributed by atoms with Crippen LogP contribution in [-0.4, -0.2) is 192 Å². The van der Waals surface area contributed by atoms with Crippen LogP contribution in [0.3, 0.4) is 0 Å². The third kappa shape index (κ3) is 24.3. The van der Waals surface area contributed by atoms with E-state index in [1.807, 2.05) is 73.9 Å². The first-order chi connectivity index (χ1) is 64.0. The summed E-state index contributed by atoms with van der Waals surface area (Å²) in [5.41, 5.74) is 14.2. The second kappa shape index (κ2) is 45.3. The molecule has 0 bridgehead atoms. The lowest BCUT2D eigenvalue weighted by Crippen LogP contribution is -2.47.